The van der Waals surface area contributed by atoms with Crippen LogP contribution in [0.2, 0.25) is 0 Å². The molecule has 0 spiro atoms. The van der Waals surface area contributed by atoms with Crippen LogP contribution in [0.1, 0.15) is 11.1 Å². The van der Waals surface area contributed by atoms with E-state index in [9.17, 15) is 0 Å². The smallest absolute Gasteiger partial charge is 0.00137 e. The fraction of sp³-hybridized carbons (Fsp3) is 0.0233. The lowest BCUT2D eigenvalue weighted by Crippen LogP contribution is -1.90. The summed E-state index contributed by atoms with van der Waals surface area (Å²) in [5.41, 5.74) is 16.2. The summed E-state index contributed by atoms with van der Waals surface area (Å²) < 4.78 is 0. The van der Waals surface area contributed by atoms with Crippen molar-refractivity contribution >= 4 is 32.3 Å². The number of benzene rings is 8. The molecule has 2 aliphatic rings. The van der Waals surface area contributed by atoms with Crippen molar-refractivity contribution in [1.29, 1.82) is 0 Å². The van der Waals surface area contributed by atoms with Crippen molar-refractivity contribution in [3.05, 3.63) is 157 Å². The first kappa shape index (κ1) is 23.1. The summed E-state index contributed by atoms with van der Waals surface area (Å²) in [7, 11) is 0. The van der Waals surface area contributed by atoms with Gasteiger partial charge in [-0.05, 0) is 105 Å². The Labute approximate surface area is 250 Å². The third-order valence-electron chi connectivity index (χ3n) is 9.76. The fourth-order valence-electron chi connectivity index (χ4n) is 8.02. The van der Waals surface area contributed by atoms with Gasteiger partial charge < -0.3 is 0 Å². The van der Waals surface area contributed by atoms with E-state index in [1.54, 1.807) is 0 Å². The van der Waals surface area contributed by atoms with Gasteiger partial charge in [0.05, 0.1) is 0 Å². The topological polar surface area (TPSA) is 0 Å². The summed E-state index contributed by atoms with van der Waals surface area (Å²) >= 11 is 0. The molecule has 0 N–H and O–H groups in total. The zero-order chi connectivity index (χ0) is 28.1. The Morgan fingerprint density at radius 1 is 0.279 bits per heavy atom. The normalized spacial score (nSPS) is 12.3. The molecule has 0 nitrogen and oxygen atoms in total. The predicted octanol–water partition coefficient (Wildman–Crippen LogP) is 11.7. The number of hydrogen-bond donors (Lipinski definition) is 0. The molecule has 0 aromatic heterocycles. The van der Waals surface area contributed by atoms with Crippen molar-refractivity contribution in [2.75, 3.05) is 0 Å². The number of fused-ring (bicyclic) bond motifs is 8. The quantitative estimate of drug-likeness (QED) is 0.195. The number of hydrogen-bond acceptors (Lipinski definition) is 0. The van der Waals surface area contributed by atoms with E-state index in [-0.39, 0.29) is 0 Å². The zero-order valence-corrected chi connectivity index (χ0v) is 23.6. The molecular weight excluding hydrogens is 516 g/mol. The molecule has 0 atom stereocenters. The van der Waals surface area contributed by atoms with E-state index in [2.05, 4.69) is 146 Å². The highest BCUT2D eigenvalue weighted by Gasteiger charge is 2.28. The van der Waals surface area contributed by atoms with Crippen LogP contribution >= 0.6 is 0 Å². The van der Waals surface area contributed by atoms with E-state index >= 15 is 0 Å². The van der Waals surface area contributed by atoms with Gasteiger partial charge in [-0.25, -0.2) is 0 Å². The standard InChI is InChI=1S/C43H26/c1-2-10-26(11-3-1)24-27-20-21-37-39(25-27)34-18-9-19-38-41(31-14-6-7-15-33(31)42(37)43(34)38)36-23-22-35-29-13-5-4-12-28(29)30-16-8-17-32(36)40(30)35/h1-23,25H,24H2. The first-order valence-corrected chi connectivity index (χ1v) is 15.2. The largest absolute Gasteiger partial charge is 0.0622 e. The summed E-state index contributed by atoms with van der Waals surface area (Å²) in [6, 6.07) is 54.3. The fourth-order valence-corrected chi connectivity index (χ4v) is 8.02. The SMILES string of the molecule is c1ccc(Cc2ccc3c(c2)-c2cccc4c(-c5ccc6c7c(cccc57)-c5ccccc5-6)c5ccccc5c-3c24)cc1. The molecule has 0 fully saturated rings. The lowest BCUT2D eigenvalue weighted by Gasteiger charge is -2.17. The van der Waals surface area contributed by atoms with Crippen LogP contribution < -0.4 is 0 Å². The van der Waals surface area contributed by atoms with Gasteiger partial charge in [-0.1, -0.05) is 146 Å². The molecule has 0 heteroatoms. The Balaban J connectivity index is 1.27. The van der Waals surface area contributed by atoms with Crippen molar-refractivity contribution < 1.29 is 0 Å². The lowest BCUT2D eigenvalue weighted by molar-refractivity contribution is 1.20. The summed E-state index contributed by atoms with van der Waals surface area (Å²) in [6.07, 6.45) is 0.940. The van der Waals surface area contributed by atoms with E-state index in [1.807, 2.05) is 0 Å². The van der Waals surface area contributed by atoms with Crippen LogP contribution in [0.3, 0.4) is 0 Å². The molecule has 8 aromatic rings. The first-order valence-electron chi connectivity index (χ1n) is 15.2. The minimum Gasteiger partial charge on any atom is -0.0622 e. The van der Waals surface area contributed by atoms with Gasteiger partial charge in [-0.3, -0.25) is 0 Å². The summed E-state index contributed by atoms with van der Waals surface area (Å²) in [5.74, 6) is 0. The van der Waals surface area contributed by atoms with E-state index in [0.29, 0.717) is 0 Å². The zero-order valence-electron chi connectivity index (χ0n) is 23.6. The Morgan fingerprint density at radius 2 is 0.837 bits per heavy atom. The Morgan fingerprint density at radius 3 is 1.63 bits per heavy atom. The minimum absolute atomic E-state index is 0.940. The van der Waals surface area contributed by atoms with Crippen molar-refractivity contribution in [3.63, 3.8) is 0 Å². The van der Waals surface area contributed by atoms with Gasteiger partial charge in [-0.2, -0.15) is 0 Å². The van der Waals surface area contributed by atoms with E-state index < -0.39 is 0 Å². The highest BCUT2D eigenvalue weighted by molar-refractivity contribution is 6.31. The van der Waals surface area contributed by atoms with Gasteiger partial charge in [0, 0.05) is 0 Å². The third kappa shape index (κ3) is 3.10. The van der Waals surface area contributed by atoms with Crippen LogP contribution in [0.15, 0.2) is 146 Å². The van der Waals surface area contributed by atoms with Crippen molar-refractivity contribution in [1.82, 2.24) is 0 Å². The molecule has 8 aromatic carbocycles. The molecule has 0 aliphatic heterocycles. The summed E-state index contributed by atoms with van der Waals surface area (Å²) in [6.45, 7) is 0. The second-order valence-corrected chi connectivity index (χ2v) is 12.0. The Kier molecular flexibility index (Phi) is 4.59. The van der Waals surface area contributed by atoms with E-state index in [4.69, 9.17) is 0 Å². The minimum atomic E-state index is 0.940. The maximum Gasteiger partial charge on any atom is -0.00137 e. The van der Waals surface area contributed by atoms with E-state index in [1.165, 1.54) is 99.1 Å². The molecule has 43 heavy (non-hydrogen) atoms. The van der Waals surface area contributed by atoms with Crippen molar-refractivity contribution in [2.24, 2.45) is 0 Å². The summed E-state index contributed by atoms with van der Waals surface area (Å²) in [5, 5.41) is 8.08. The van der Waals surface area contributed by atoms with Crippen LogP contribution in [0.25, 0.3) is 88.0 Å². The molecule has 10 rings (SSSR count). The highest BCUT2D eigenvalue weighted by Crippen LogP contribution is 2.55. The monoisotopic (exact) mass is 542 g/mol. The second kappa shape index (κ2) is 8.53. The van der Waals surface area contributed by atoms with Gasteiger partial charge in [0.1, 0.15) is 0 Å². The van der Waals surface area contributed by atoms with Crippen molar-refractivity contribution in [3.8, 4) is 55.6 Å². The highest BCUT2D eigenvalue weighted by atomic mass is 14.3. The van der Waals surface area contributed by atoms with E-state index in [0.717, 1.165) is 6.42 Å². The van der Waals surface area contributed by atoms with Gasteiger partial charge in [0.15, 0.2) is 0 Å². The lowest BCUT2D eigenvalue weighted by atomic mass is 9.85. The van der Waals surface area contributed by atoms with Gasteiger partial charge in [0.2, 0.25) is 0 Å². The molecule has 0 saturated carbocycles. The molecule has 198 valence electrons. The van der Waals surface area contributed by atoms with Crippen molar-refractivity contribution in [2.45, 2.75) is 6.42 Å². The summed E-state index contributed by atoms with van der Waals surface area (Å²) in [4.78, 5) is 0. The van der Waals surface area contributed by atoms with Crippen LogP contribution in [0.5, 0.6) is 0 Å². The molecule has 0 unspecified atom stereocenters. The first-order chi connectivity index (χ1) is 21.3. The average Bonchev–Trinajstić information content (AvgIpc) is 3.57. The maximum absolute atomic E-state index is 2.43. The van der Waals surface area contributed by atoms with Gasteiger partial charge in [-0.15, -0.1) is 0 Å². The van der Waals surface area contributed by atoms with Crippen LogP contribution in [-0.4, -0.2) is 0 Å². The molecule has 0 saturated heterocycles. The Hall–Kier alpha value is -5.46. The van der Waals surface area contributed by atoms with Gasteiger partial charge >= 0.3 is 0 Å². The molecular formula is C43H26. The maximum atomic E-state index is 2.43. The number of rotatable bonds is 3. The molecule has 0 radical (unpaired) electrons. The molecule has 0 amide bonds. The van der Waals surface area contributed by atoms with Crippen LogP contribution in [-0.2, 0) is 6.42 Å². The average molecular weight is 543 g/mol. The second-order valence-electron chi connectivity index (χ2n) is 12.0. The van der Waals surface area contributed by atoms with Crippen LogP contribution in [0.4, 0.5) is 0 Å². The molecule has 0 bridgehead atoms. The molecule has 0 heterocycles. The Bertz CT molecular complexity index is 2430. The predicted molar refractivity (Wildman–Crippen MR) is 183 cm³/mol. The molecule has 2 aliphatic carbocycles. The van der Waals surface area contributed by atoms with Crippen LogP contribution in [0, 0.1) is 0 Å². The van der Waals surface area contributed by atoms with Gasteiger partial charge in [0.25, 0.3) is 0 Å². The third-order valence-corrected chi connectivity index (χ3v) is 9.76.